The summed E-state index contributed by atoms with van der Waals surface area (Å²) in [6.45, 7) is 28.8. The highest BCUT2D eigenvalue weighted by molar-refractivity contribution is 6.74. The van der Waals surface area contributed by atoms with Gasteiger partial charge in [0.25, 0.3) is 6.45 Å². The monoisotopic (exact) mass is 1170 g/mol. The highest BCUT2D eigenvalue weighted by atomic mass is 28.4. The fourth-order valence-electron chi connectivity index (χ4n) is 7.07. The summed E-state index contributed by atoms with van der Waals surface area (Å²) >= 11 is 0. The average molecular weight is 1170 g/mol. The highest BCUT2D eigenvalue weighted by Gasteiger charge is 2.37. The number of fused-ring (bicyclic) bond motifs is 6. The number of rotatable bonds is 19. The van der Waals surface area contributed by atoms with Crippen molar-refractivity contribution in [3.63, 3.8) is 0 Å². The van der Waals surface area contributed by atoms with E-state index in [4.69, 9.17) is 56.5 Å². The largest absolute Gasteiger partial charge is 0.467 e. The lowest BCUT2D eigenvalue weighted by Crippen LogP contribution is -2.40. The maximum atomic E-state index is 11.0. The van der Waals surface area contributed by atoms with Crippen LogP contribution in [0.25, 0.3) is 32.7 Å². The van der Waals surface area contributed by atoms with Crippen molar-refractivity contribution in [2.24, 2.45) is 10.8 Å². The minimum Gasteiger partial charge on any atom is -0.467 e. The molecule has 0 aliphatic heterocycles. The molecule has 0 unspecified atom stereocenters. The molecule has 0 atom stereocenters. The summed E-state index contributed by atoms with van der Waals surface area (Å²) in [5.41, 5.74) is 22.8. The summed E-state index contributed by atoms with van der Waals surface area (Å²) < 4.78 is 28.6. The zero-order valence-electron chi connectivity index (χ0n) is 51.3. The molecule has 0 spiro atoms. The number of carbonyl (C=O) groups is 2. The van der Waals surface area contributed by atoms with E-state index >= 15 is 0 Å². The van der Waals surface area contributed by atoms with Crippen LogP contribution < -0.4 is 5.73 Å². The van der Waals surface area contributed by atoms with Gasteiger partial charge in [-0.2, -0.15) is 0 Å². The number of hydrogen-bond donors (Lipinski definition) is 6. The molecule has 0 saturated heterocycles. The van der Waals surface area contributed by atoms with Gasteiger partial charge in [0, 0.05) is 36.8 Å². The molecule has 0 amide bonds. The Labute approximate surface area is 495 Å². The Morgan fingerprint density at radius 3 is 1.22 bits per heavy atom. The van der Waals surface area contributed by atoms with Crippen LogP contribution >= 0.6 is 0 Å². The third-order valence-corrected chi connectivity index (χ3v) is 22.4. The molecule has 0 saturated carbocycles. The quantitative estimate of drug-likeness (QED) is 0.00976. The topological polar surface area (TPSA) is 247 Å². The first-order chi connectivity index (χ1) is 38.9. The lowest BCUT2D eigenvalue weighted by atomic mass is 9.98. The van der Waals surface area contributed by atoms with Crippen LogP contribution in [-0.4, -0.2) is 127 Å². The molecule has 0 heterocycles. The predicted molar refractivity (Wildman–Crippen MR) is 344 cm³/mol. The van der Waals surface area contributed by atoms with E-state index in [1.54, 1.807) is 24.3 Å². The number of esters is 1. The van der Waals surface area contributed by atoms with Gasteiger partial charge in [-0.25, -0.2) is 0 Å². The second-order valence-electron chi connectivity index (χ2n) is 21.1. The van der Waals surface area contributed by atoms with Crippen LogP contribution in [0.4, 0.5) is 0 Å². The average Bonchev–Trinajstić information content (AvgIpc) is 4.05. The fraction of sp³-hybridized carbons (Fsp3) is 0.446. The predicted octanol–water partition coefficient (Wildman–Crippen LogP) is 13.4. The van der Waals surface area contributed by atoms with Gasteiger partial charge >= 0.3 is 5.97 Å². The number of nitrogens with zero attached hydrogens (tertiary/aromatic N) is 3. The van der Waals surface area contributed by atoms with Gasteiger partial charge in [-0.1, -0.05) is 219 Å². The zero-order chi connectivity index (χ0) is 62.0. The van der Waals surface area contributed by atoms with E-state index in [1.165, 1.54) is 63.6 Å². The first-order valence-electron chi connectivity index (χ1n) is 27.8. The van der Waals surface area contributed by atoms with Crippen molar-refractivity contribution in [1.82, 2.24) is 0 Å². The van der Waals surface area contributed by atoms with E-state index in [1.807, 2.05) is 79.8 Å². The lowest BCUT2D eigenvalue weighted by Gasteiger charge is -2.35. The summed E-state index contributed by atoms with van der Waals surface area (Å²) in [6, 6.07) is 32.9. The standard InChI is InChI=1S/C16H14O2.C15H12O2.C10H21N3OSi.C10H22O2Si.C5H10O.C4H9NO.C4H8O2.CH4/c1-11(17)18-10-16-14-8-4-2-6-12(14)13-7-3-5-9-15(13)16;16-10-17-9-15-13-7-3-1-5-11(13)12-6-2-4-8-14(12)15;1-10(2,3)15(4,5)14-9-7-6-8-12-13-11;1-10(2,3)13(4,5)12-9-7-6-8-11;1-2-3-4-5-6;2*5-3-1-2-4-6;/h2-9,16H,10H2,1H3;1-8,10,15H,9H2;6-7H,8-9H2,1-5H3;6-7,11H,8-9H2,1-5H3;3-4,6H,2,5H2,1H3;1-2,6H,3-5H2;1-2,5-6H,3-4H2;1H4/b;;2*7-6-;4-3-;2*2-1-;/i;10T;;;;;;. The van der Waals surface area contributed by atoms with Gasteiger partial charge in [0.15, 0.2) is 18.0 Å². The van der Waals surface area contributed by atoms with Crippen molar-refractivity contribution >= 4 is 29.1 Å². The molecule has 17 heteroatoms. The first kappa shape index (κ1) is 75.9. The Hall–Kier alpha value is -6.06. The van der Waals surface area contributed by atoms with Gasteiger partial charge in [-0.05, 0) is 92.7 Å². The summed E-state index contributed by atoms with van der Waals surface area (Å²) in [7, 11) is -3.22. The van der Waals surface area contributed by atoms with Crippen LogP contribution in [0, 0.1) is 0 Å². The van der Waals surface area contributed by atoms with Gasteiger partial charge in [-0.3, -0.25) is 9.59 Å². The highest BCUT2D eigenvalue weighted by Crippen LogP contribution is 2.46. The zero-order valence-corrected chi connectivity index (χ0v) is 52.3. The molecule has 15 nitrogen and oxygen atoms in total. The summed E-state index contributed by atoms with van der Waals surface area (Å²) in [6.07, 6.45) is 17.3. The molecule has 4 aromatic rings. The summed E-state index contributed by atoms with van der Waals surface area (Å²) in [4.78, 5) is 24.3. The molecule has 0 fully saturated rings. The van der Waals surface area contributed by atoms with Gasteiger partial charge in [0.2, 0.25) is 0 Å². The fourth-order valence-corrected chi connectivity index (χ4v) is 8.96. The normalized spacial score (nSPS) is 12.5. The summed E-state index contributed by atoms with van der Waals surface area (Å²) in [5.74, 6) is -0.00939. The number of ether oxygens (including phenoxy) is 2. The molecule has 0 bridgehead atoms. The Morgan fingerprint density at radius 1 is 0.598 bits per heavy atom. The van der Waals surface area contributed by atoms with Gasteiger partial charge in [0.1, 0.15) is 13.2 Å². The molecule has 0 radical (unpaired) electrons. The number of hydrogen-bond acceptors (Lipinski definition) is 13. The molecule has 4 aromatic carbocycles. The van der Waals surface area contributed by atoms with Crippen molar-refractivity contribution in [3.8, 4) is 22.3 Å². The van der Waals surface area contributed by atoms with E-state index in [-0.39, 0.29) is 74.9 Å². The van der Waals surface area contributed by atoms with Crippen LogP contribution in [0.5, 0.6) is 0 Å². The summed E-state index contributed by atoms with van der Waals surface area (Å²) in [5, 5.41) is 44.6. The van der Waals surface area contributed by atoms with Gasteiger partial charge in [-0.15, -0.1) is 0 Å². The molecule has 2 aliphatic carbocycles. The van der Waals surface area contributed by atoms with Gasteiger partial charge < -0.3 is 49.6 Å². The number of aliphatic hydroxyl groups excluding tert-OH is 5. The Morgan fingerprint density at radius 2 is 0.927 bits per heavy atom. The van der Waals surface area contributed by atoms with E-state index in [9.17, 15) is 9.59 Å². The molecular weight excluding hydrogens is 1070 g/mol. The smallest absolute Gasteiger partial charge is 0.302 e. The lowest BCUT2D eigenvalue weighted by molar-refractivity contribution is -0.141. The number of allylic oxidation sites excluding steroid dienone is 1. The Balaban J connectivity index is 0. The second kappa shape index (κ2) is 44.5. The van der Waals surface area contributed by atoms with E-state index in [2.05, 4.69) is 126 Å². The van der Waals surface area contributed by atoms with E-state index in [0.29, 0.717) is 32.9 Å². The van der Waals surface area contributed by atoms with Gasteiger partial charge in [0.05, 0.1) is 46.2 Å². The molecule has 7 N–H and O–H groups in total. The minimum atomic E-state index is -1.63. The first-order valence-corrected chi connectivity index (χ1v) is 33.1. The second-order valence-corrected chi connectivity index (χ2v) is 30.7. The molecule has 0 aromatic heterocycles. The van der Waals surface area contributed by atoms with Crippen molar-refractivity contribution < 1.29 is 54.8 Å². The minimum absolute atomic E-state index is 0. The number of nitrogens with two attached hydrogens (primary N) is 1. The van der Waals surface area contributed by atoms with Crippen LogP contribution in [-0.2, 0) is 27.9 Å². The Kier molecular flexibility index (Phi) is 41.2. The molecule has 2 aliphatic rings. The molecule has 454 valence electrons. The van der Waals surface area contributed by atoms with Crippen molar-refractivity contribution in [1.29, 1.82) is 0 Å². The maximum absolute atomic E-state index is 11.0. The number of aliphatic hydroxyl groups is 5. The SMILES string of the molecule is C.CC(=O)OCC1c2ccccc2-c2ccccc21.CC(C)(C)[Si](C)(C)OC/C=C\CN=[N+]=[N-].CC(C)(C)[Si](C)(C)OC/C=C\CO.CC/C=C\CO.NC/C=C\CO.OC/C=C\CO.[3H]C(=O)OCC1c2ccccc2-c2ccccc21. The maximum Gasteiger partial charge on any atom is 0.302 e. The number of carbonyl (C=O) groups excluding carboxylic acids is 2. The van der Waals surface area contributed by atoms with Crippen LogP contribution in [0.1, 0.15) is 105 Å². The number of benzene rings is 4. The van der Waals surface area contributed by atoms with Crippen molar-refractivity contribution in [3.05, 3.63) is 191 Å². The van der Waals surface area contributed by atoms with Crippen LogP contribution in [0.2, 0.25) is 36.3 Å². The third-order valence-electron chi connectivity index (χ3n) is 13.4. The van der Waals surface area contributed by atoms with E-state index in [0.717, 1.165) is 6.42 Å². The van der Waals surface area contributed by atoms with Crippen LogP contribution in [0.3, 0.4) is 0 Å². The number of azide groups is 1. The third kappa shape index (κ3) is 30.3. The van der Waals surface area contributed by atoms with E-state index < -0.39 is 23.1 Å². The van der Waals surface area contributed by atoms with Crippen molar-refractivity contribution in [2.45, 2.75) is 117 Å². The molecule has 82 heavy (non-hydrogen) atoms. The van der Waals surface area contributed by atoms with Crippen LogP contribution in [0.15, 0.2) is 163 Å². The Bertz CT molecular complexity index is 2370. The van der Waals surface area contributed by atoms with Crippen molar-refractivity contribution in [2.75, 3.05) is 72.6 Å². The molecule has 6 rings (SSSR count). The molecular formula is C65H100N4O11Si2.